The third kappa shape index (κ3) is 7.31. The molecule has 1 aliphatic rings. The van der Waals surface area contributed by atoms with Gasteiger partial charge in [0.2, 0.25) is 0 Å². The van der Waals surface area contributed by atoms with E-state index in [1.165, 1.54) is 0 Å². The Morgan fingerprint density at radius 3 is 1.81 bits per heavy atom. The van der Waals surface area contributed by atoms with Crippen molar-refractivity contribution in [2.24, 2.45) is 0 Å². The van der Waals surface area contributed by atoms with Crippen LogP contribution in [0.2, 0.25) is 0 Å². The summed E-state index contributed by atoms with van der Waals surface area (Å²) in [5, 5.41) is 0. The molecular weight excluding hydrogens is 368 g/mol. The lowest BCUT2D eigenvalue weighted by Gasteiger charge is -2.43. The lowest BCUT2D eigenvalue weighted by atomic mass is 9.98. The van der Waals surface area contributed by atoms with Crippen LogP contribution in [0.25, 0.3) is 0 Å². The lowest BCUT2D eigenvalue weighted by Crippen LogP contribution is -2.63. The summed E-state index contributed by atoms with van der Waals surface area (Å²) in [6.45, 7) is 3.71. The van der Waals surface area contributed by atoms with E-state index in [4.69, 9.17) is 28.4 Å². The molecule has 1 heterocycles. The van der Waals surface area contributed by atoms with Crippen molar-refractivity contribution >= 4 is 30.2 Å². The largest absolute Gasteiger partial charge is 0.463 e. The van der Waals surface area contributed by atoms with Crippen molar-refractivity contribution in [3.63, 3.8) is 0 Å². The van der Waals surface area contributed by atoms with Gasteiger partial charge in [-0.1, -0.05) is 0 Å². The Labute approximate surface area is 155 Å². The van der Waals surface area contributed by atoms with Crippen LogP contribution < -0.4 is 0 Å². The van der Waals surface area contributed by atoms with Crippen molar-refractivity contribution in [3.8, 4) is 0 Å². The van der Waals surface area contributed by atoms with Crippen LogP contribution in [0.3, 0.4) is 0 Å². The zero-order valence-corrected chi connectivity index (χ0v) is 15.4. The predicted octanol–water partition coefficient (Wildman–Crippen LogP) is -0.715. The van der Waals surface area contributed by atoms with E-state index in [1.807, 2.05) is 0 Å². The molecule has 0 radical (unpaired) electrons. The number of hydrogen-bond acceptors (Lipinski definition) is 11. The highest BCUT2D eigenvalue weighted by Gasteiger charge is 2.52. The Kier molecular flexibility index (Phi) is 8.82. The van der Waals surface area contributed by atoms with Gasteiger partial charge in [-0.15, -0.1) is 0 Å². The minimum Gasteiger partial charge on any atom is -0.463 e. The van der Waals surface area contributed by atoms with E-state index in [0.29, 0.717) is 6.29 Å². The summed E-state index contributed by atoms with van der Waals surface area (Å²) in [4.78, 5) is 56.3. The smallest absolute Gasteiger partial charge is 0.303 e. The summed E-state index contributed by atoms with van der Waals surface area (Å²) in [5.74, 6) is -2.86. The lowest BCUT2D eigenvalue weighted by molar-refractivity contribution is -0.305. The van der Waals surface area contributed by atoms with Crippen molar-refractivity contribution in [1.29, 1.82) is 0 Å². The number of hydrogen-bond donors (Lipinski definition) is 0. The molecule has 0 aromatic carbocycles. The van der Waals surface area contributed by atoms with Crippen LogP contribution in [0.5, 0.6) is 0 Å². The Hall–Kier alpha value is -2.53. The Morgan fingerprint density at radius 1 is 0.815 bits per heavy atom. The third-order valence-electron chi connectivity index (χ3n) is 3.28. The van der Waals surface area contributed by atoms with Gasteiger partial charge >= 0.3 is 23.9 Å². The highest BCUT2D eigenvalue weighted by Crippen LogP contribution is 2.29. The molecule has 5 atom stereocenters. The molecule has 152 valence electrons. The van der Waals surface area contributed by atoms with Gasteiger partial charge in [-0.3, -0.25) is 19.2 Å². The molecule has 0 aromatic heterocycles. The maximum Gasteiger partial charge on any atom is 0.303 e. The van der Waals surface area contributed by atoms with Gasteiger partial charge in [0.25, 0.3) is 0 Å². The number of ether oxygens (including phenoxy) is 6. The molecule has 0 unspecified atom stereocenters. The molecule has 1 aliphatic heterocycles. The van der Waals surface area contributed by atoms with Crippen molar-refractivity contribution in [1.82, 2.24) is 0 Å². The van der Waals surface area contributed by atoms with E-state index in [9.17, 15) is 24.0 Å². The highest BCUT2D eigenvalue weighted by atomic mass is 16.7. The van der Waals surface area contributed by atoms with Gasteiger partial charge in [-0.05, 0) is 0 Å². The average Bonchev–Trinajstić information content (AvgIpc) is 2.54. The predicted molar refractivity (Wildman–Crippen MR) is 84.0 cm³/mol. The van der Waals surface area contributed by atoms with E-state index in [-0.39, 0.29) is 6.61 Å². The number of esters is 4. The molecule has 0 aromatic rings. The molecule has 1 saturated heterocycles. The quantitative estimate of drug-likeness (QED) is 0.295. The zero-order chi connectivity index (χ0) is 20.6. The van der Waals surface area contributed by atoms with Crippen LogP contribution in [0.15, 0.2) is 0 Å². The fourth-order valence-electron chi connectivity index (χ4n) is 2.46. The van der Waals surface area contributed by atoms with E-state index >= 15 is 0 Å². The summed E-state index contributed by atoms with van der Waals surface area (Å²) >= 11 is 0. The van der Waals surface area contributed by atoms with Crippen LogP contribution in [0.1, 0.15) is 27.7 Å². The molecule has 11 heteroatoms. The van der Waals surface area contributed by atoms with Crippen LogP contribution in [-0.4, -0.2) is 74.1 Å². The van der Waals surface area contributed by atoms with Gasteiger partial charge in [-0.2, -0.15) is 0 Å². The monoisotopic (exact) mass is 390 g/mol. The first-order valence-corrected chi connectivity index (χ1v) is 8.01. The van der Waals surface area contributed by atoms with Crippen LogP contribution in [0.4, 0.5) is 0 Å². The minimum atomic E-state index is -1.34. The number of carbonyl (C=O) groups is 5. The minimum absolute atomic E-state index is 0.362. The van der Waals surface area contributed by atoms with Crippen LogP contribution in [-0.2, 0) is 52.4 Å². The van der Waals surface area contributed by atoms with Crippen molar-refractivity contribution < 1.29 is 52.4 Å². The van der Waals surface area contributed by atoms with Gasteiger partial charge in [0.15, 0.2) is 24.6 Å². The molecule has 1 rings (SSSR count). The number of rotatable bonds is 8. The summed E-state index contributed by atoms with van der Waals surface area (Å²) in [7, 11) is 0. The van der Waals surface area contributed by atoms with Gasteiger partial charge in [0.05, 0.1) is 0 Å². The van der Waals surface area contributed by atoms with Crippen molar-refractivity contribution in [2.75, 3.05) is 13.2 Å². The van der Waals surface area contributed by atoms with Crippen molar-refractivity contribution in [3.05, 3.63) is 0 Å². The second kappa shape index (κ2) is 10.6. The molecule has 27 heavy (non-hydrogen) atoms. The maximum absolute atomic E-state index is 11.5. The van der Waals surface area contributed by atoms with Crippen molar-refractivity contribution in [2.45, 2.75) is 58.4 Å². The number of carbonyl (C=O) groups excluding carboxylic acids is 5. The van der Waals surface area contributed by atoms with Crippen LogP contribution >= 0.6 is 0 Å². The molecule has 0 amide bonds. The summed E-state index contributed by atoms with van der Waals surface area (Å²) < 4.78 is 31.1. The normalized spacial score (nSPS) is 27.2. The Balaban J connectivity index is 3.24. The summed E-state index contributed by atoms with van der Waals surface area (Å²) in [6, 6.07) is 0. The fraction of sp³-hybridized carbons (Fsp3) is 0.688. The van der Waals surface area contributed by atoms with Gasteiger partial charge in [0, 0.05) is 27.7 Å². The topological polar surface area (TPSA) is 141 Å². The van der Waals surface area contributed by atoms with Gasteiger partial charge < -0.3 is 33.2 Å². The standard InChI is InChI=1S/C16H22O11/c1-8(18)23-7-12-13(24-9(2)19)14(25-10(3)20)15(26-11(4)21)16(27-12)22-6-5-17/h5,12-16H,6-7H2,1-4H3/t12-,13-,14+,15-,16-/m1/s1. The SMILES string of the molecule is CC(=O)OC[C@H]1O[C@@H](OCC=O)[C@H](OC(C)=O)[C@@H](OC(C)=O)[C@@H]1OC(C)=O. The molecule has 0 aliphatic carbocycles. The molecule has 11 nitrogen and oxygen atoms in total. The van der Waals surface area contributed by atoms with E-state index in [1.54, 1.807) is 0 Å². The highest BCUT2D eigenvalue weighted by molar-refractivity contribution is 5.68. The molecule has 0 spiro atoms. The second-order valence-electron chi connectivity index (χ2n) is 5.57. The maximum atomic E-state index is 11.5. The zero-order valence-electron chi connectivity index (χ0n) is 15.4. The summed E-state index contributed by atoms with van der Waals surface area (Å²) in [6.07, 6.45) is -5.91. The third-order valence-corrected chi connectivity index (χ3v) is 3.28. The molecule has 0 saturated carbocycles. The first kappa shape index (κ1) is 22.5. The fourth-order valence-corrected chi connectivity index (χ4v) is 2.46. The molecule has 1 fully saturated rings. The second-order valence-corrected chi connectivity index (χ2v) is 5.57. The van der Waals surface area contributed by atoms with Crippen LogP contribution in [0, 0.1) is 0 Å². The first-order valence-electron chi connectivity index (χ1n) is 8.01. The average molecular weight is 390 g/mol. The van der Waals surface area contributed by atoms with E-state index in [2.05, 4.69) is 0 Å². The summed E-state index contributed by atoms with van der Waals surface area (Å²) in [5.41, 5.74) is 0. The molecular formula is C16H22O11. The van der Waals surface area contributed by atoms with E-state index in [0.717, 1.165) is 27.7 Å². The number of aldehydes is 1. The van der Waals surface area contributed by atoms with Gasteiger partial charge in [0.1, 0.15) is 25.6 Å². The Bertz CT molecular complexity index is 573. The first-order chi connectivity index (χ1) is 12.6. The van der Waals surface area contributed by atoms with E-state index < -0.39 is 61.2 Å². The molecule has 0 N–H and O–H groups in total. The molecule has 0 bridgehead atoms. The van der Waals surface area contributed by atoms with Gasteiger partial charge in [-0.25, -0.2) is 0 Å². The Morgan fingerprint density at radius 2 is 1.33 bits per heavy atom.